The first-order chi connectivity index (χ1) is 16.9. The van der Waals surface area contributed by atoms with Crippen molar-refractivity contribution in [3.05, 3.63) is 108 Å². The molecule has 7 heteroatoms. The van der Waals surface area contributed by atoms with Gasteiger partial charge in [0.05, 0.1) is 17.0 Å². The lowest BCUT2D eigenvalue weighted by atomic mass is 9.99. The molecule has 1 aliphatic rings. The summed E-state index contributed by atoms with van der Waals surface area (Å²) in [5.74, 6) is -0.0332. The first-order valence-corrected chi connectivity index (χ1v) is 11.3. The van der Waals surface area contributed by atoms with Crippen molar-refractivity contribution in [1.29, 1.82) is 0 Å². The van der Waals surface area contributed by atoms with E-state index in [1.54, 1.807) is 24.3 Å². The quantitative estimate of drug-likeness (QED) is 0.359. The van der Waals surface area contributed by atoms with Gasteiger partial charge in [-0.25, -0.2) is 0 Å². The van der Waals surface area contributed by atoms with Crippen molar-refractivity contribution in [2.24, 2.45) is 0 Å². The molecule has 1 aromatic heterocycles. The van der Waals surface area contributed by atoms with Crippen LogP contribution < -0.4 is 0 Å². The molecule has 0 unspecified atom stereocenters. The van der Waals surface area contributed by atoms with E-state index < -0.39 is 11.7 Å². The van der Waals surface area contributed by atoms with Gasteiger partial charge in [-0.1, -0.05) is 60.7 Å². The molecule has 0 saturated carbocycles. The molecule has 0 atom stereocenters. The van der Waals surface area contributed by atoms with Crippen molar-refractivity contribution in [3.63, 3.8) is 0 Å². The van der Waals surface area contributed by atoms with Gasteiger partial charge in [-0.2, -0.15) is 18.3 Å². The fraction of sp³-hybridized carbons (Fsp3) is 0.143. The van der Waals surface area contributed by atoms with E-state index in [2.05, 4.69) is 28.4 Å². The monoisotopic (exact) mass is 473 g/mol. The molecule has 0 spiro atoms. The molecule has 0 fully saturated rings. The second kappa shape index (κ2) is 9.25. The molecule has 4 aromatic rings. The van der Waals surface area contributed by atoms with Crippen LogP contribution in [0.15, 0.2) is 91.0 Å². The Morgan fingerprint density at radius 2 is 1.60 bits per heavy atom. The average Bonchev–Trinajstić information content (AvgIpc) is 3.39. The number of nitrogens with zero attached hydrogens (tertiary/aromatic N) is 2. The minimum Gasteiger partial charge on any atom is -0.335 e. The summed E-state index contributed by atoms with van der Waals surface area (Å²) in [6.07, 6.45) is -1.50. The molecule has 3 aromatic carbocycles. The van der Waals surface area contributed by atoms with Crippen molar-refractivity contribution in [3.8, 4) is 22.5 Å². The van der Waals surface area contributed by atoms with Crippen molar-refractivity contribution in [1.82, 2.24) is 15.1 Å². The Bertz CT molecular complexity index is 1370. The van der Waals surface area contributed by atoms with Crippen molar-refractivity contribution in [2.45, 2.75) is 12.6 Å². The largest absolute Gasteiger partial charge is 0.416 e. The molecule has 0 radical (unpaired) electrons. The maximum atomic E-state index is 13.0. The predicted molar refractivity (Wildman–Crippen MR) is 129 cm³/mol. The summed E-state index contributed by atoms with van der Waals surface area (Å²) in [5, 5.41) is 7.05. The van der Waals surface area contributed by atoms with Gasteiger partial charge in [0.1, 0.15) is 0 Å². The highest BCUT2D eigenvalue weighted by atomic mass is 19.4. The van der Waals surface area contributed by atoms with Crippen LogP contribution in [-0.4, -0.2) is 34.1 Å². The molecule has 2 heterocycles. The predicted octanol–water partition coefficient (Wildman–Crippen LogP) is 6.69. The zero-order valence-corrected chi connectivity index (χ0v) is 18.7. The van der Waals surface area contributed by atoms with Crippen molar-refractivity contribution in [2.75, 3.05) is 13.1 Å². The van der Waals surface area contributed by atoms with E-state index in [-0.39, 0.29) is 5.91 Å². The summed E-state index contributed by atoms with van der Waals surface area (Å²) in [5.41, 5.74) is 4.55. The third-order valence-electron chi connectivity index (χ3n) is 6.15. The number of halogens is 3. The van der Waals surface area contributed by atoms with Crippen LogP contribution in [0.25, 0.3) is 28.1 Å². The number of rotatable bonds is 4. The van der Waals surface area contributed by atoms with Crippen molar-refractivity contribution < 1.29 is 18.0 Å². The van der Waals surface area contributed by atoms with Gasteiger partial charge in [0.25, 0.3) is 5.91 Å². The van der Waals surface area contributed by atoms with Crippen LogP contribution in [0.3, 0.4) is 0 Å². The lowest BCUT2D eigenvalue weighted by molar-refractivity contribution is -0.137. The maximum Gasteiger partial charge on any atom is 0.416 e. The number of benzene rings is 3. The summed E-state index contributed by atoms with van der Waals surface area (Å²) in [7, 11) is 0. The molecule has 1 amide bonds. The number of amides is 1. The van der Waals surface area contributed by atoms with E-state index in [1.165, 1.54) is 17.2 Å². The van der Waals surface area contributed by atoms with Crippen LogP contribution in [-0.2, 0) is 6.18 Å². The number of H-pyrrole nitrogens is 1. The van der Waals surface area contributed by atoms with E-state index in [0.29, 0.717) is 35.6 Å². The fourth-order valence-corrected chi connectivity index (χ4v) is 4.22. The summed E-state index contributed by atoms with van der Waals surface area (Å²) >= 11 is 0. The number of alkyl halides is 3. The smallest absolute Gasteiger partial charge is 0.335 e. The number of hydrogen-bond donors (Lipinski definition) is 1. The Balaban J connectivity index is 1.28. The number of nitrogens with one attached hydrogen (secondary N) is 1. The van der Waals surface area contributed by atoms with Crippen molar-refractivity contribution >= 4 is 11.5 Å². The highest BCUT2D eigenvalue weighted by Crippen LogP contribution is 2.32. The Labute approximate surface area is 200 Å². The van der Waals surface area contributed by atoms with Gasteiger partial charge in [0.15, 0.2) is 0 Å². The lowest BCUT2D eigenvalue weighted by Crippen LogP contribution is -2.34. The highest BCUT2D eigenvalue weighted by Gasteiger charge is 2.30. The fourth-order valence-electron chi connectivity index (χ4n) is 4.22. The van der Waals surface area contributed by atoms with E-state index >= 15 is 0 Å². The maximum absolute atomic E-state index is 13.0. The minimum absolute atomic E-state index is 0.0332. The highest BCUT2D eigenvalue weighted by molar-refractivity contribution is 5.95. The Hall–Kier alpha value is -4.13. The van der Waals surface area contributed by atoms with Crippen LogP contribution in [0.5, 0.6) is 0 Å². The number of aromatic nitrogens is 2. The number of carbonyl (C=O) groups is 1. The number of hydrogen-bond acceptors (Lipinski definition) is 2. The Morgan fingerprint density at radius 1 is 0.857 bits per heavy atom. The normalized spacial score (nSPS) is 14.0. The van der Waals surface area contributed by atoms with E-state index in [0.717, 1.165) is 24.1 Å². The number of aromatic amines is 1. The van der Waals surface area contributed by atoms with Gasteiger partial charge >= 0.3 is 6.18 Å². The van der Waals surface area contributed by atoms with Gasteiger partial charge in [0.2, 0.25) is 0 Å². The molecule has 176 valence electrons. The second-order valence-electron chi connectivity index (χ2n) is 8.42. The zero-order chi connectivity index (χ0) is 24.4. The van der Waals surface area contributed by atoms with Crippen LogP contribution in [0, 0.1) is 0 Å². The molecule has 0 aliphatic carbocycles. The molecule has 0 bridgehead atoms. The molecular weight excluding hydrogens is 451 g/mol. The standard InChI is InChI=1S/C28H22F3N3O/c29-28(30,31)24-8-4-7-23(17-24)26-18-25(32-33-26)21-9-11-22(12-10-21)27(35)34-15-13-20(14-16-34)19-5-2-1-3-6-19/h1-13,17-18H,14-16H2,(H,32,33). The topological polar surface area (TPSA) is 49.0 Å². The van der Waals surface area contributed by atoms with E-state index in [9.17, 15) is 18.0 Å². The van der Waals surface area contributed by atoms with Crippen LogP contribution in [0.2, 0.25) is 0 Å². The first kappa shape index (κ1) is 22.7. The van der Waals surface area contributed by atoms with Crippen LogP contribution >= 0.6 is 0 Å². The van der Waals surface area contributed by atoms with Gasteiger partial charge in [-0.15, -0.1) is 0 Å². The lowest BCUT2D eigenvalue weighted by Gasteiger charge is -2.27. The Morgan fingerprint density at radius 3 is 2.29 bits per heavy atom. The summed E-state index contributed by atoms with van der Waals surface area (Å²) in [6, 6.07) is 24.1. The average molecular weight is 473 g/mol. The second-order valence-corrected chi connectivity index (χ2v) is 8.42. The van der Waals surface area contributed by atoms with E-state index in [4.69, 9.17) is 0 Å². The zero-order valence-electron chi connectivity index (χ0n) is 18.7. The third-order valence-corrected chi connectivity index (χ3v) is 6.15. The summed E-state index contributed by atoms with van der Waals surface area (Å²) < 4.78 is 39.1. The van der Waals surface area contributed by atoms with Gasteiger partial charge in [0, 0.05) is 24.2 Å². The van der Waals surface area contributed by atoms with Gasteiger partial charge < -0.3 is 4.90 Å². The van der Waals surface area contributed by atoms with Crippen LogP contribution in [0.1, 0.15) is 27.9 Å². The third kappa shape index (κ3) is 4.89. The number of carbonyl (C=O) groups excluding carboxylic acids is 1. The van der Waals surface area contributed by atoms with Gasteiger partial charge in [-0.05, 0) is 53.5 Å². The Kier molecular flexibility index (Phi) is 5.99. The molecule has 0 saturated heterocycles. The molecule has 5 rings (SSSR count). The first-order valence-electron chi connectivity index (χ1n) is 11.3. The molecule has 1 aliphatic heterocycles. The molecular formula is C28H22F3N3O. The summed E-state index contributed by atoms with van der Waals surface area (Å²) in [6.45, 7) is 1.22. The van der Waals surface area contributed by atoms with Crippen LogP contribution in [0.4, 0.5) is 13.2 Å². The molecule has 4 nitrogen and oxygen atoms in total. The van der Waals surface area contributed by atoms with E-state index in [1.807, 2.05) is 35.2 Å². The molecule has 1 N–H and O–H groups in total. The molecule has 35 heavy (non-hydrogen) atoms. The SMILES string of the molecule is O=C(c1ccc(-c2cc(-c3cccc(C(F)(F)F)c3)n[nH]2)cc1)N1CC=C(c2ccccc2)CC1. The van der Waals surface area contributed by atoms with Gasteiger partial charge in [-0.3, -0.25) is 9.89 Å². The summed E-state index contributed by atoms with van der Waals surface area (Å²) in [4.78, 5) is 14.8. The minimum atomic E-state index is -4.41.